The number of nitrogens with one attached hydrogen (secondary N) is 1. The summed E-state index contributed by atoms with van der Waals surface area (Å²) in [6, 6.07) is 14.8. The Hall–Kier alpha value is -2.93. The van der Waals surface area contributed by atoms with E-state index in [4.69, 9.17) is 14.6 Å². The van der Waals surface area contributed by atoms with Gasteiger partial charge in [-0.3, -0.25) is 4.79 Å². The van der Waals surface area contributed by atoms with E-state index in [-0.39, 0.29) is 5.91 Å². The Kier molecular flexibility index (Phi) is 4.77. The number of aromatic nitrogens is 2. The van der Waals surface area contributed by atoms with Crippen LogP contribution in [0, 0.1) is 0 Å². The maximum Gasteiger partial charge on any atom is 0.260 e. The number of hydrogen-bond acceptors (Lipinski definition) is 5. The van der Waals surface area contributed by atoms with Crippen molar-refractivity contribution in [3.63, 3.8) is 0 Å². The van der Waals surface area contributed by atoms with Crippen molar-refractivity contribution < 1.29 is 14.3 Å². The number of amides is 1. The predicted molar refractivity (Wildman–Crippen MR) is 106 cm³/mol. The first-order valence-corrected chi connectivity index (χ1v) is 9.64. The summed E-state index contributed by atoms with van der Waals surface area (Å²) in [4.78, 5) is 12.9. The summed E-state index contributed by atoms with van der Waals surface area (Å²) in [5, 5.41) is 7.76. The number of rotatable bonds is 5. The second-order valence-corrected chi connectivity index (χ2v) is 7.02. The predicted octanol–water partition coefficient (Wildman–Crippen LogP) is 3.89. The maximum atomic E-state index is 12.9. The fourth-order valence-electron chi connectivity index (χ4n) is 3.06. The lowest BCUT2D eigenvalue weighted by atomic mass is 10.2. The zero-order valence-electron chi connectivity index (χ0n) is 15.1. The molecule has 4 rings (SSSR count). The van der Waals surface area contributed by atoms with Crippen molar-refractivity contribution >= 4 is 23.5 Å². The van der Waals surface area contributed by atoms with E-state index in [1.165, 1.54) is 0 Å². The number of ether oxygens (including phenoxy) is 2. The molecule has 1 N–H and O–H groups in total. The van der Waals surface area contributed by atoms with Gasteiger partial charge in [0.1, 0.15) is 17.3 Å². The topological polar surface area (TPSA) is 65.4 Å². The minimum absolute atomic E-state index is 0.221. The average molecular weight is 381 g/mol. The van der Waals surface area contributed by atoms with Crippen molar-refractivity contribution in [2.45, 2.75) is 11.5 Å². The second-order valence-electron chi connectivity index (χ2n) is 6.03. The molecule has 0 atom stereocenters. The molecule has 0 bridgehead atoms. The Morgan fingerprint density at radius 3 is 2.59 bits per heavy atom. The lowest BCUT2D eigenvalue weighted by Gasteiger charge is -2.13. The summed E-state index contributed by atoms with van der Waals surface area (Å²) < 4.78 is 12.3. The number of fused-ring (bicyclic) bond motifs is 1. The first-order valence-electron chi connectivity index (χ1n) is 8.48. The summed E-state index contributed by atoms with van der Waals surface area (Å²) in [6.07, 6.45) is 0. The van der Waals surface area contributed by atoms with Gasteiger partial charge in [0.25, 0.3) is 5.91 Å². The molecule has 0 radical (unpaired) electrons. The summed E-state index contributed by atoms with van der Waals surface area (Å²) >= 11 is 1.79. The molecule has 1 aliphatic heterocycles. The van der Waals surface area contributed by atoms with Crippen LogP contribution in [0.3, 0.4) is 0 Å². The highest BCUT2D eigenvalue weighted by Crippen LogP contribution is 2.36. The zero-order chi connectivity index (χ0) is 18.8. The van der Waals surface area contributed by atoms with E-state index in [0.29, 0.717) is 17.1 Å². The van der Waals surface area contributed by atoms with E-state index in [1.807, 2.05) is 36.4 Å². The molecule has 6 nitrogen and oxygen atoms in total. The molecule has 138 valence electrons. The van der Waals surface area contributed by atoms with Gasteiger partial charge in [-0.25, -0.2) is 4.68 Å². The molecule has 3 aromatic rings. The molecule has 1 aromatic heterocycles. The Morgan fingerprint density at radius 2 is 1.85 bits per heavy atom. The van der Waals surface area contributed by atoms with Crippen LogP contribution in [0.15, 0.2) is 48.5 Å². The van der Waals surface area contributed by atoms with Gasteiger partial charge >= 0.3 is 0 Å². The lowest BCUT2D eigenvalue weighted by molar-refractivity contribution is 0.102. The standard InChI is InChI=1S/C20H19N3O3S/c1-25-14-9-7-13(8-10-14)23-19(16-11-27-12-17(16)22-23)21-20(24)15-5-3-4-6-18(15)26-2/h3-10H,11-12H2,1-2H3,(H,21,24). The Balaban J connectivity index is 1.72. The van der Waals surface area contributed by atoms with Gasteiger partial charge in [0.2, 0.25) is 0 Å². The van der Waals surface area contributed by atoms with Crippen molar-refractivity contribution in [2.75, 3.05) is 19.5 Å². The van der Waals surface area contributed by atoms with E-state index < -0.39 is 0 Å². The molecule has 1 aliphatic rings. The van der Waals surface area contributed by atoms with Gasteiger partial charge in [0.05, 0.1) is 31.2 Å². The van der Waals surface area contributed by atoms with Crippen molar-refractivity contribution in [2.24, 2.45) is 0 Å². The fraction of sp³-hybridized carbons (Fsp3) is 0.200. The number of methoxy groups -OCH3 is 2. The van der Waals surface area contributed by atoms with Crippen LogP contribution in [-0.4, -0.2) is 29.9 Å². The lowest BCUT2D eigenvalue weighted by Crippen LogP contribution is -2.17. The van der Waals surface area contributed by atoms with Gasteiger partial charge < -0.3 is 14.8 Å². The highest BCUT2D eigenvalue weighted by Gasteiger charge is 2.25. The van der Waals surface area contributed by atoms with Crippen LogP contribution in [0.5, 0.6) is 11.5 Å². The number of carbonyl (C=O) groups excluding carboxylic acids is 1. The third kappa shape index (κ3) is 3.26. The van der Waals surface area contributed by atoms with Gasteiger partial charge in [-0.2, -0.15) is 16.9 Å². The van der Waals surface area contributed by atoms with Crippen LogP contribution in [0.4, 0.5) is 5.82 Å². The van der Waals surface area contributed by atoms with Crippen molar-refractivity contribution in [1.82, 2.24) is 9.78 Å². The quantitative estimate of drug-likeness (QED) is 0.726. The highest BCUT2D eigenvalue weighted by molar-refractivity contribution is 7.98. The largest absolute Gasteiger partial charge is 0.497 e. The smallest absolute Gasteiger partial charge is 0.260 e. The van der Waals surface area contributed by atoms with E-state index in [9.17, 15) is 4.79 Å². The third-order valence-corrected chi connectivity index (χ3v) is 5.42. The molecule has 2 aromatic carbocycles. The van der Waals surface area contributed by atoms with Crippen LogP contribution in [-0.2, 0) is 11.5 Å². The number of carbonyl (C=O) groups is 1. The Labute approximate surface area is 161 Å². The minimum atomic E-state index is -0.221. The fourth-order valence-corrected chi connectivity index (χ4v) is 4.09. The number of nitrogens with zero attached hydrogens (tertiary/aromatic N) is 2. The zero-order valence-corrected chi connectivity index (χ0v) is 15.9. The molecule has 27 heavy (non-hydrogen) atoms. The van der Waals surface area contributed by atoms with Gasteiger partial charge in [-0.15, -0.1) is 0 Å². The molecular weight excluding hydrogens is 362 g/mol. The summed E-state index contributed by atoms with van der Waals surface area (Å²) in [5.74, 6) is 3.46. The molecule has 0 saturated carbocycles. The number of hydrogen-bond donors (Lipinski definition) is 1. The normalized spacial score (nSPS) is 12.5. The summed E-state index contributed by atoms with van der Waals surface area (Å²) in [6.45, 7) is 0. The minimum Gasteiger partial charge on any atom is -0.497 e. The van der Waals surface area contributed by atoms with E-state index in [0.717, 1.165) is 34.2 Å². The highest BCUT2D eigenvalue weighted by atomic mass is 32.2. The molecule has 0 fully saturated rings. The monoisotopic (exact) mass is 381 g/mol. The Morgan fingerprint density at radius 1 is 1.07 bits per heavy atom. The van der Waals surface area contributed by atoms with Crippen molar-refractivity contribution in [1.29, 1.82) is 0 Å². The van der Waals surface area contributed by atoms with Crippen LogP contribution in [0.1, 0.15) is 21.6 Å². The molecule has 0 spiro atoms. The van der Waals surface area contributed by atoms with E-state index >= 15 is 0 Å². The number of thioether (sulfide) groups is 1. The third-order valence-electron chi connectivity index (χ3n) is 4.45. The molecule has 2 heterocycles. The van der Waals surface area contributed by atoms with Crippen molar-refractivity contribution in [3.8, 4) is 17.2 Å². The van der Waals surface area contributed by atoms with Crippen molar-refractivity contribution in [3.05, 3.63) is 65.4 Å². The van der Waals surface area contributed by atoms with Gasteiger partial charge in [0, 0.05) is 17.1 Å². The first-order chi connectivity index (χ1) is 13.2. The number of para-hydroxylation sites is 1. The molecule has 0 saturated heterocycles. The van der Waals surface area contributed by atoms with Crippen LogP contribution in [0.2, 0.25) is 0 Å². The molecule has 0 aliphatic carbocycles. The molecule has 7 heteroatoms. The molecular formula is C20H19N3O3S. The number of benzene rings is 2. The average Bonchev–Trinajstić information content (AvgIpc) is 3.30. The van der Waals surface area contributed by atoms with Gasteiger partial charge in [-0.1, -0.05) is 12.1 Å². The molecule has 1 amide bonds. The van der Waals surface area contributed by atoms with Crippen LogP contribution < -0.4 is 14.8 Å². The first kappa shape index (κ1) is 17.5. The van der Waals surface area contributed by atoms with Gasteiger partial charge in [-0.05, 0) is 36.4 Å². The van der Waals surface area contributed by atoms with E-state index in [2.05, 4.69) is 5.32 Å². The summed E-state index contributed by atoms with van der Waals surface area (Å²) in [7, 11) is 3.19. The maximum absolute atomic E-state index is 12.9. The SMILES string of the molecule is COc1ccc(-n2nc3c(c2NC(=O)c2ccccc2OC)CSC3)cc1. The summed E-state index contributed by atoms with van der Waals surface area (Å²) in [5.41, 5.74) is 3.43. The van der Waals surface area contributed by atoms with Crippen LogP contribution in [0.25, 0.3) is 5.69 Å². The second kappa shape index (κ2) is 7.36. The van der Waals surface area contributed by atoms with Gasteiger partial charge in [0.15, 0.2) is 0 Å². The molecule has 0 unspecified atom stereocenters. The number of anilines is 1. The van der Waals surface area contributed by atoms with E-state index in [1.54, 1.807) is 42.8 Å². The Bertz CT molecular complexity index is 983. The van der Waals surface area contributed by atoms with Crippen LogP contribution >= 0.6 is 11.8 Å².